The first kappa shape index (κ1) is 17.0. The fraction of sp³-hybridized carbons (Fsp3) is 0.438. The fourth-order valence-electron chi connectivity index (χ4n) is 3.00. The van der Waals surface area contributed by atoms with Crippen molar-refractivity contribution in [1.82, 2.24) is 19.6 Å². The van der Waals surface area contributed by atoms with E-state index in [9.17, 15) is 12.8 Å². The Morgan fingerprint density at radius 2 is 2.12 bits per heavy atom. The van der Waals surface area contributed by atoms with Crippen LogP contribution in [0.25, 0.3) is 16.6 Å². The fourth-order valence-corrected chi connectivity index (χ4v) is 4.73. The van der Waals surface area contributed by atoms with Gasteiger partial charge in [0.25, 0.3) is 0 Å². The van der Waals surface area contributed by atoms with Crippen molar-refractivity contribution in [2.75, 3.05) is 18.6 Å². The third-order valence-electron chi connectivity index (χ3n) is 4.46. The lowest BCUT2D eigenvalue weighted by Crippen LogP contribution is -2.12. The highest BCUT2D eigenvalue weighted by atomic mass is 32.2. The lowest BCUT2D eigenvalue weighted by Gasteiger charge is -2.07. The number of nitrogen functional groups attached to an aromatic ring is 1. The average molecular weight is 379 g/mol. The van der Waals surface area contributed by atoms with Crippen LogP contribution >= 0.6 is 0 Å². The zero-order chi connectivity index (χ0) is 18.5. The highest BCUT2D eigenvalue weighted by molar-refractivity contribution is 7.92. The molecule has 1 aromatic carbocycles. The number of rotatable bonds is 6. The normalized spacial score (nSPS) is 15.0. The van der Waals surface area contributed by atoms with E-state index in [1.807, 2.05) is 0 Å². The van der Waals surface area contributed by atoms with E-state index in [4.69, 9.17) is 10.5 Å². The summed E-state index contributed by atoms with van der Waals surface area (Å²) in [7, 11) is -1.59. The van der Waals surface area contributed by atoms with Crippen LogP contribution in [-0.4, -0.2) is 46.1 Å². The first-order valence-electron chi connectivity index (χ1n) is 8.29. The van der Waals surface area contributed by atoms with Gasteiger partial charge in [-0.3, -0.25) is 0 Å². The maximum Gasteiger partial charge on any atom is 0.223 e. The summed E-state index contributed by atoms with van der Waals surface area (Å²) in [5, 5.41) is 4.55. The Morgan fingerprint density at radius 3 is 2.81 bits per heavy atom. The number of hydrogen-bond acceptors (Lipinski definition) is 7. The van der Waals surface area contributed by atoms with Gasteiger partial charge in [-0.2, -0.15) is 4.52 Å². The number of nitrogens with zero attached hydrogens (tertiary/aromatic N) is 4. The summed E-state index contributed by atoms with van der Waals surface area (Å²) in [6.45, 7) is 0. The zero-order valence-corrected chi connectivity index (χ0v) is 15.0. The van der Waals surface area contributed by atoms with Crippen LogP contribution in [0.3, 0.4) is 0 Å². The molecular weight excluding hydrogens is 361 g/mol. The molecule has 3 aromatic rings. The Balaban J connectivity index is 1.68. The molecule has 4 rings (SSSR count). The minimum atomic E-state index is -3.01. The van der Waals surface area contributed by atoms with Gasteiger partial charge in [0, 0.05) is 12.5 Å². The molecule has 0 aliphatic heterocycles. The van der Waals surface area contributed by atoms with Gasteiger partial charge in [0.1, 0.15) is 17.1 Å². The van der Waals surface area contributed by atoms with E-state index in [0.29, 0.717) is 35.2 Å². The van der Waals surface area contributed by atoms with Gasteiger partial charge in [-0.15, -0.1) is 5.10 Å². The molecule has 2 aromatic heterocycles. The number of sulfone groups is 1. The van der Waals surface area contributed by atoms with Crippen LogP contribution in [-0.2, 0) is 16.3 Å². The third kappa shape index (κ3) is 2.94. The topological polar surface area (TPSA) is 112 Å². The highest BCUT2D eigenvalue weighted by Crippen LogP contribution is 2.30. The molecule has 8 nitrogen and oxygen atoms in total. The maximum absolute atomic E-state index is 13.9. The molecule has 138 valence electrons. The number of hydrogen-bond donors (Lipinski definition) is 1. The molecule has 2 N–H and O–H groups in total. The molecule has 0 atom stereocenters. The van der Waals surface area contributed by atoms with Crippen LogP contribution < -0.4 is 10.5 Å². The van der Waals surface area contributed by atoms with Gasteiger partial charge < -0.3 is 10.5 Å². The van der Waals surface area contributed by atoms with Crippen molar-refractivity contribution in [1.29, 1.82) is 0 Å². The van der Waals surface area contributed by atoms with Crippen molar-refractivity contribution in [3.8, 4) is 5.75 Å². The predicted octanol–water partition coefficient (Wildman–Crippen LogP) is 1.52. The second kappa shape index (κ2) is 6.04. The molecule has 2 heterocycles. The summed E-state index contributed by atoms with van der Waals surface area (Å²) in [6.07, 6.45) is 2.34. The molecule has 1 saturated carbocycles. The van der Waals surface area contributed by atoms with Crippen LogP contribution in [0.1, 0.15) is 25.1 Å². The molecule has 0 spiro atoms. The Morgan fingerprint density at radius 1 is 1.35 bits per heavy atom. The van der Waals surface area contributed by atoms with Gasteiger partial charge >= 0.3 is 0 Å². The van der Waals surface area contributed by atoms with E-state index in [1.54, 1.807) is 0 Å². The number of aryl methyl sites for hydroxylation is 1. The van der Waals surface area contributed by atoms with Crippen LogP contribution in [0.5, 0.6) is 5.75 Å². The number of fused-ring (bicyclic) bond motifs is 3. The third-order valence-corrected chi connectivity index (χ3v) is 6.80. The predicted molar refractivity (Wildman–Crippen MR) is 94.3 cm³/mol. The molecule has 1 fully saturated rings. The smallest absolute Gasteiger partial charge is 0.223 e. The lowest BCUT2D eigenvalue weighted by molar-refractivity contribution is 0.415. The van der Waals surface area contributed by atoms with Crippen molar-refractivity contribution in [2.45, 2.75) is 30.9 Å². The van der Waals surface area contributed by atoms with E-state index in [2.05, 4.69) is 15.1 Å². The van der Waals surface area contributed by atoms with Crippen LogP contribution in [0.15, 0.2) is 12.1 Å². The minimum Gasteiger partial charge on any atom is -0.494 e. The number of methoxy groups -OCH3 is 1. The Labute approximate surface area is 149 Å². The number of benzene rings is 1. The number of aromatic nitrogens is 4. The summed E-state index contributed by atoms with van der Waals surface area (Å²) in [5.41, 5.74) is 6.71. The molecule has 10 heteroatoms. The standard InChI is InChI=1S/C16H18FN5O3S/c1-25-12-8-9(17)7-11-14(12)20-16(18)22-15(11)19-13(21-22)3-2-6-26(23,24)10-4-5-10/h7-8,10H,2-6H2,1H3,(H2,18,20). The second-order valence-corrected chi connectivity index (χ2v) is 8.81. The van der Waals surface area contributed by atoms with E-state index in [0.717, 1.165) is 12.8 Å². The van der Waals surface area contributed by atoms with Crippen LogP contribution in [0.4, 0.5) is 10.3 Å². The molecule has 1 aliphatic rings. The van der Waals surface area contributed by atoms with E-state index in [1.165, 1.54) is 23.8 Å². The molecule has 0 bridgehead atoms. The van der Waals surface area contributed by atoms with Gasteiger partial charge in [0.05, 0.1) is 23.5 Å². The molecular formula is C16H18FN5O3S. The van der Waals surface area contributed by atoms with E-state index in [-0.39, 0.29) is 22.7 Å². The summed E-state index contributed by atoms with van der Waals surface area (Å²) in [5.74, 6) is 0.434. The maximum atomic E-state index is 13.9. The summed E-state index contributed by atoms with van der Waals surface area (Å²) >= 11 is 0. The number of anilines is 1. The SMILES string of the molecule is COc1cc(F)cc2c1nc(N)n1nc(CCCS(=O)(=O)C3CC3)nc21. The highest BCUT2D eigenvalue weighted by Gasteiger charge is 2.34. The first-order chi connectivity index (χ1) is 12.4. The first-order valence-corrected chi connectivity index (χ1v) is 10.0. The number of nitrogens with two attached hydrogens (primary N) is 1. The summed E-state index contributed by atoms with van der Waals surface area (Å²) < 4.78 is 44.3. The number of halogens is 1. The molecule has 0 unspecified atom stereocenters. The minimum absolute atomic E-state index is 0.0989. The monoisotopic (exact) mass is 379 g/mol. The van der Waals surface area contributed by atoms with Crippen LogP contribution in [0, 0.1) is 5.82 Å². The Kier molecular flexibility index (Phi) is 3.94. The Bertz CT molecular complexity index is 1110. The molecule has 0 radical (unpaired) electrons. The molecule has 26 heavy (non-hydrogen) atoms. The summed E-state index contributed by atoms with van der Waals surface area (Å²) in [4.78, 5) is 8.64. The van der Waals surface area contributed by atoms with Crippen molar-refractivity contribution in [3.05, 3.63) is 23.8 Å². The van der Waals surface area contributed by atoms with Gasteiger partial charge in [-0.25, -0.2) is 22.8 Å². The van der Waals surface area contributed by atoms with Crippen LogP contribution in [0.2, 0.25) is 0 Å². The van der Waals surface area contributed by atoms with Gasteiger partial charge in [0.2, 0.25) is 5.95 Å². The van der Waals surface area contributed by atoms with Gasteiger partial charge in [-0.05, 0) is 25.3 Å². The van der Waals surface area contributed by atoms with E-state index < -0.39 is 15.7 Å². The lowest BCUT2D eigenvalue weighted by atomic mass is 10.2. The molecule has 0 saturated heterocycles. The zero-order valence-electron chi connectivity index (χ0n) is 14.1. The summed E-state index contributed by atoms with van der Waals surface area (Å²) in [6, 6.07) is 2.53. The quantitative estimate of drug-likeness (QED) is 0.691. The largest absolute Gasteiger partial charge is 0.494 e. The van der Waals surface area contributed by atoms with Gasteiger partial charge in [0.15, 0.2) is 21.3 Å². The molecule has 1 aliphatic carbocycles. The molecule has 0 amide bonds. The van der Waals surface area contributed by atoms with Crippen molar-refractivity contribution >= 4 is 32.3 Å². The number of ether oxygens (including phenoxy) is 1. The Hall–Kier alpha value is -2.49. The van der Waals surface area contributed by atoms with Gasteiger partial charge in [-0.1, -0.05) is 0 Å². The van der Waals surface area contributed by atoms with Crippen molar-refractivity contribution in [3.63, 3.8) is 0 Å². The average Bonchev–Trinajstić information content (AvgIpc) is 3.36. The van der Waals surface area contributed by atoms with Crippen molar-refractivity contribution < 1.29 is 17.5 Å². The second-order valence-electron chi connectivity index (χ2n) is 6.41. The van der Waals surface area contributed by atoms with Crippen molar-refractivity contribution in [2.24, 2.45) is 0 Å². The van der Waals surface area contributed by atoms with E-state index >= 15 is 0 Å².